The molecule has 0 aliphatic heterocycles. The van der Waals surface area contributed by atoms with Gasteiger partial charge in [0.2, 0.25) is 0 Å². The number of sulfonamides is 1. The minimum absolute atomic E-state index is 0.0861. The predicted molar refractivity (Wildman–Crippen MR) is 151 cm³/mol. The molecule has 4 rings (SSSR count). The lowest BCUT2D eigenvalue weighted by atomic mass is 10.2. The Bertz CT molecular complexity index is 1670. The van der Waals surface area contributed by atoms with E-state index in [4.69, 9.17) is 9.47 Å². The smallest absolute Gasteiger partial charge is 0.338 e. The van der Waals surface area contributed by atoms with Crippen LogP contribution in [0.2, 0.25) is 0 Å². The minimum atomic E-state index is -3.93. The summed E-state index contributed by atoms with van der Waals surface area (Å²) in [6.07, 6.45) is 0. The standard InChI is InChI=1S/C28H29N3O6S2/c1-4-36-17-16-31-24-15-12-20(27(33)37-5-2)18-25(24)38-28(31)29-26(32)22-8-6-7-9-23(22)30-39(34,35)21-13-10-19(3)11-14-21/h6-15,18,30H,4-5,16-17H2,1-3H3. The Labute approximate surface area is 230 Å². The molecule has 0 aliphatic carbocycles. The number of nitrogens with one attached hydrogen (secondary N) is 1. The Balaban J connectivity index is 1.74. The minimum Gasteiger partial charge on any atom is -0.462 e. The molecule has 0 saturated heterocycles. The highest BCUT2D eigenvalue weighted by Crippen LogP contribution is 2.23. The molecule has 1 aromatic heterocycles. The maximum atomic E-state index is 13.4. The predicted octanol–water partition coefficient (Wildman–Crippen LogP) is 4.77. The number of anilines is 1. The second-order valence-corrected chi connectivity index (χ2v) is 11.2. The van der Waals surface area contributed by atoms with Crippen LogP contribution in [0.25, 0.3) is 10.2 Å². The summed E-state index contributed by atoms with van der Waals surface area (Å²) in [5, 5.41) is 0. The summed E-state index contributed by atoms with van der Waals surface area (Å²) in [5.74, 6) is -1.04. The molecular formula is C28H29N3O6S2. The number of ether oxygens (including phenoxy) is 2. The number of aromatic nitrogens is 1. The van der Waals surface area contributed by atoms with Crippen molar-refractivity contribution >= 4 is 49.1 Å². The van der Waals surface area contributed by atoms with Gasteiger partial charge >= 0.3 is 5.97 Å². The average Bonchev–Trinajstić information content (AvgIpc) is 3.25. The first-order valence-electron chi connectivity index (χ1n) is 12.4. The van der Waals surface area contributed by atoms with Crippen molar-refractivity contribution < 1.29 is 27.5 Å². The van der Waals surface area contributed by atoms with Gasteiger partial charge in [-0.15, -0.1) is 0 Å². The molecule has 39 heavy (non-hydrogen) atoms. The van der Waals surface area contributed by atoms with Crippen molar-refractivity contribution in [1.29, 1.82) is 0 Å². The second-order valence-electron chi connectivity index (χ2n) is 8.52. The van der Waals surface area contributed by atoms with Crippen LogP contribution in [0.4, 0.5) is 5.69 Å². The van der Waals surface area contributed by atoms with Crippen LogP contribution >= 0.6 is 11.3 Å². The molecule has 11 heteroatoms. The number of aryl methyl sites for hydroxylation is 1. The Morgan fingerprint density at radius 3 is 2.46 bits per heavy atom. The fourth-order valence-electron chi connectivity index (χ4n) is 3.84. The van der Waals surface area contributed by atoms with E-state index in [1.165, 1.54) is 35.6 Å². The van der Waals surface area contributed by atoms with Gasteiger partial charge in [0.15, 0.2) is 4.80 Å². The molecule has 0 unspecified atom stereocenters. The number of nitrogens with zero attached hydrogens (tertiary/aromatic N) is 2. The highest BCUT2D eigenvalue weighted by Gasteiger charge is 2.19. The van der Waals surface area contributed by atoms with E-state index < -0.39 is 21.9 Å². The van der Waals surface area contributed by atoms with E-state index in [2.05, 4.69) is 9.71 Å². The van der Waals surface area contributed by atoms with E-state index in [1.54, 1.807) is 49.4 Å². The summed E-state index contributed by atoms with van der Waals surface area (Å²) in [5.41, 5.74) is 2.34. The second kappa shape index (κ2) is 12.4. The van der Waals surface area contributed by atoms with Crippen LogP contribution < -0.4 is 9.52 Å². The van der Waals surface area contributed by atoms with E-state index in [-0.39, 0.29) is 22.8 Å². The van der Waals surface area contributed by atoms with E-state index in [1.807, 2.05) is 18.4 Å². The van der Waals surface area contributed by atoms with Crippen LogP contribution in [0.3, 0.4) is 0 Å². The largest absolute Gasteiger partial charge is 0.462 e. The van der Waals surface area contributed by atoms with Gasteiger partial charge in [0.05, 0.1) is 45.1 Å². The van der Waals surface area contributed by atoms with E-state index in [0.29, 0.717) is 30.1 Å². The maximum Gasteiger partial charge on any atom is 0.338 e. The molecule has 4 aromatic rings. The molecule has 0 radical (unpaired) electrons. The number of hydrogen-bond donors (Lipinski definition) is 1. The highest BCUT2D eigenvalue weighted by molar-refractivity contribution is 7.92. The summed E-state index contributed by atoms with van der Waals surface area (Å²) in [6, 6.07) is 17.9. The molecular weight excluding hydrogens is 538 g/mol. The van der Waals surface area contributed by atoms with Crippen molar-refractivity contribution in [2.75, 3.05) is 24.5 Å². The summed E-state index contributed by atoms with van der Waals surface area (Å²) >= 11 is 1.25. The van der Waals surface area contributed by atoms with Crippen molar-refractivity contribution in [2.24, 2.45) is 4.99 Å². The molecule has 0 aliphatic rings. The SMILES string of the molecule is CCOCCn1c(=NC(=O)c2ccccc2NS(=O)(=O)c2ccc(C)cc2)sc2cc(C(=O)OCC)ccc21. The zero-order valence-corrected chi connectivity index (χ0v) is 23.5. The van der Waals surface area contributed by atoms with Crippen molar-refractivity contribution in [3.8, 4) is 0 Å². The normalized spacial score (nSPS) is 12.0. The quantitative estimate of drug-likeness (QED) is 0.218. The van der Waals surface area contributed by atoms with Crippen molar-refractivity contribution in [3.05, 3.63) is 88.2 Å². The molecule has 9 nitrogen and oxygen atoms in total. The number of para-hydroxylation sites is 1. The van der Waals surface area contributed by atoms with Crippen LogP contribution in [0.5, 0.6) is 0 Å². The molecule has 1 heterocycles. The monoisotopic (exact) mass is 567 g/mol. The molecule has 0 spiro atoms. The maximum absolute atomic E-state index is 13.4. The number of benzene rings is 3. The van der Waals surface area contributed by atoms with Gasteiger partial charge in [0, 0.05) is 13.2 Å². The van der Waals surface area contributed by atoms with Crippen LogP contribution in [-0.4, -0.2) is 44.7 Å². The van der Waals surface area contributed by atoms with Crippen molar-refractivity contribution in [2.45, 2.75) is 32.2 Å². The molecule has 0 saturated carbocycles. The molecule has 204 valence electrons. The van der Waals surface area contributed by atoms with E-state index in [9.17, 15) is 18.0 Å². The fourth-order valence-corrected chi connectivity index (χ4v) is 6.02. The average molecular weight is 568 g/mol. The third-order valence-corrected chi connectivity index (χ3v) is 8.21. The highest BCUT2D eigenvalue weighted by atomic mass is 32.2. The first-order chi connectivity index (χ1) is 18.7. The molecule has 0 atom stereocenters. The number of fused-ring (bicyclic) bond motifs is 1. The Morgan fingerprint density at radius 2 is 1.74 bits per heavy atom. The topological polar surface area (TPSA) is 116 Å². The molecule has 0 fully saturated rings. The Hall–Kier alpha value is -3.80. The summed E-state index contributed by atoms with van der Waals surface area (Å²) in [6.45, 7) is 7.13. The number of hydrogen-bond acceptors (Lipinski definition) is 7. The van der Waals surface area contributed by atoms with Crippen molar-refractivity contribution in [1.82, 2.24) is 4.57 Å². The number of rotatable bonds is 10. The fraction of sp³-hybridized carbons (Fsp3) is 0.250. The van der Waals surface area contributed by atoms with Gasteiger partial charge < -0.3 is 14.0 Å². The zero-order chi connectivity index (χ0) is 28.0. The lowest BCUT2D eigenvalue weighted by molar-refractivity contribution is 0.0526. The number of esters is 1. The molecule has 0 bridgehead atoms. The van der Waals surface area contributed by atoms with Gasteiger partial charge in [0.25, 0.3) is 15.9 Å². The van der Waals surface area contributed by atoms with Gasteiger partial charge in [0.1, 0.15) is 0 Å². The molecule has 1 N–H and O–H groups in total. The lowest BCUT2D eigenvalue weighted by Crippen LogP contribution is -2.20. The summed E-state index contributed by atoms with van der Waals surface area (Å²) in [4.78, 5) is 30.5. The third-order valence-electron chi connectivity index (χ3n) is 5.79. The van der Waals surface area contributed by atoms with Crippen LogP contribution in [0.15, 0.2) is 76.6 Å². The number of thiazole rings is 1. The van der Waals surface area contributed by atoms with Gasteiger partial charge in [-0.05, 0) is 63.2 Å². The molecule has 3 aromatic carbocycles. The van der Waals surface area contributed by atoms with Gasteiger partial charge in [-0.3, -0.25) is 9.52 Å². The van der Waals surface area contributed by atoms with E-state index in [0.717, 1.165) is 15.8 Å². The summed E-state index contributed by atoms with van der Waals surface area (Å²) in [7, 11) is -3.93. The first kappa shape index (κ1) is 28.2. The lowest BCUT2D eigenvalue weighted by Gasteiger charge is -2.11. The molecule has 1 amide bonds. The zero-order valence-electron chi connectivity index (χ0n) is 21.8. The Kier molecular flexibility index (Phi) is 8.95. The van der Waals surface area contributed by atoms with Crippen molar-refractivity contribution in [3.63, 3.8) is 0 Å². The first-order valence-corrected chi connectivity index (χ1v) is 14.7. The van der Waals surface area contributed by atoms with Gasteiger partial charge in [-0.2, -0.15) is 4.99 Å². The van der Waals surface area contributed by atoms with Gasteiger partial charge in [-0.1, -0.05) is 41.2 Å². The van der Waals surface area contributed by atoms with Crippen LogP contribution in [-0.2, 0) is 26.0 Å². The third kappa shape index (κ3) is 6.62. The van der Waals surface area contributed by atoms with Crippen LogP contribution in [0, 0.1) is 6.92 Å². The Morgan fingerprint density at radius 1 is 1.00 bits per heavy atom. The number of amides is 1. The number of carbonyl (C=O) groups excluding carboxylic acids is 2. The number of carbonyl (C=O) groups is 2. The van der Waals surface area contributed by atoms with Gasteiger partial charge in [-0.25, -0.2) is 13.2 Å². The van der Waals surface area contributed by atoms with Crippen LogP contribution in [0.1, 0.15) is 40.1 Å². The summed E-state index contributed by atoms with van der Waals surface area (Å²) < 4.78 is 41.7. The van der Waals surface area contributed by atoms with E-state index >= 15 is 0 Å².